The highest BCUT2D eigenvalue weighted by molar-refractivity contribution is 9.10. The first-order valence-electron chi connectivity index (χ1n) is 9.65. The van der Waals surface area contributed by atoms with Crippen LogP contribution in [0.1, 0.15) is 17.0 Å². The summed E-state index contributed by atoms with van der Waals surface area (Å²) in [6.45, 7) is 5.88. The number of carbonyl (C=O) groups excluding carboxylic acids is 1. The van der Waals surface area contributed by atoms with Gasteiger partial charge in [0.25, 0.3) is 0 Å². The molecule has 4 aromatic rings. The Labute approximate surface area is 192 Å². The number of aromatic amines is 1. The Morgan fingerprint density at radius 3 is 2.61 bits per heavy atom. The van der Waals surface area contributed by atoms with E-state index in [0.29, 0.717) is 11.0 Å². The Bertz CT molecular complexity index is 1230. The van der Waals surface area contributed by atoms with E-state index in [2.05, 4.69) is 41.5 Å². The highest BCUT2D eigenvalue weighted by Gasteiger charge is 2.16. The minimum Gasteiger partial charge on any atom is -0.322 e. The smallest absolute Gasteiger partial charge is 0.234 e. The third-order valence-corrected chi connectivity index (χ3v) is 6.30. The van der Waals surface area contributed by atoms with E-state index in [1.807, 2.05) is 74.0 Å². The number of thioether (sulfide) groups is 1. The molecule has 2 heterocycles. The molecule has 0 radical (unpaired) electrons. The molecule has 9 heteroatoms. The minimum absolute atomic E-state index is 0.133. The fourth-order valence-electron chi connectivity index (χ4n) is 3.15. The van der Waals surface area contributed by atoms with Gasteiger partial charge in [-0.15, -0.1) is 5.10 Å². The maximum Gasteiger partial charge on any atom is 0.234 e. The van der Waals surface area contributed by atoms with Crippen molar-refractivity contribution in [3.63, 3.8) is 0 Å². The van der Waals surface area contributed by atoms with Crippen molar-refractivity contribution in [2.75, 3.05) is 11.1 Å². The number of nitrogens with one attached hydrogen (secondary N) is 2. The highest BCUT2D eigenvalue weighted by atomic mass is 79.9. The lowest BCUT2D eigenvalue weighted by Gasteiger charge is -2.07. The monoisotopic (exact) mass is 496 g/mol. The first-order chi connectivity index (χ1) is 14.9. The lowest BCUT2D eigenvalue weighted by molar-refractivity contribution is -0.113. The van der Waals surface area contributed by atoms with Gasteiger partial charge >= 0.3 is 0 Å². The summed E-state index contributed by atoms with van der Waals surface area (Å²) in [6, 6.07) is 15.9. The number of rotatable bonds is 6. The first kappa shape index (κ1) is 21.3. The number of benzene rings is 2. The topological polar surface area (TPSA) is 88.5 Å². The molecule has 1 amide bonds. The van der Waals surface area contributed by atoms with Crippen LogP contribution in [0.3, 0.4) is 0 Å². The Morgan fingerprint density at radius 1 is 1.13 bits per heavy atom. The van der Waals surface area contributed by atoms with Gasteiger partial charge in [-0.25, -0.2) is 9.67 Å². The van der Waals surface area contributed by atoms with Gasteiger partial charge in [-0.1, -0.05) is 63.6 Å². The number of aromatic nitrogens is 5. The van der Waals surface area contributed by atoms with Crippen LogP contribution >= 0.6 is 27.7 Å². The zero-order chi connectivity index (χ0) is 22.0. The summed E-state index contributed by atoms with van der Waals surface area (Å²) >= 11 is 4.79. The van der Waals surface area contributed by atoms with Crippen molar-refractivity contribution in [1.29, 1.82) is 0 Å². The molecule has 2 aromatic heterocycles. The predicted molar refractivity (Wildman–Crippen MR) is 127 cm³/mol. The van der Waals surface area contributed by atoms with Crippen molar-refractivity contribution in [2.24, 2.45) is 0 Å². The van der Waals surface area contributed by atoms with Crippen LogP contribution in [-0.2, 0) is 4.79 Å². The van der Waals surface area contributed by atoms with Crippen LogP contribution in [0.5, 0.6) is 0 Å². The molecule has 0 aliphatic carbocycles. The van der Waals surface area contributed by atoms with Gasteiger partial charge in [0, 0.05) is 10.0 Å². The third kappa shape index (κ3) is 4.72. The van der Waals surface area contributed by atoms with E-state index in [1.165, 1.54) is 17.3 Å². The van der Waals surface area contributed by atoms with Gasteiger partial charge in [0.15, 0.2) is 5.82 Å². The molecule has 0 unspecified atom stereocenters. The second-order valence-electron chi connectivity index (χ2n) is 7.08. The molecule has 31 heavy (non-hydrogen) atoms. The normalized spacial score (nSPS) is 11.0. The lowest BCUT2D eigenvalue weighted by Crippen LogP contribution is -2.15. The van der Waals surface area contributed by atoms with E-state index in [4.69, 9.17) is 0 Å². The Hall–Kier alpha value is -2.91. The molecule has 158 valence electrons. The molecule has 0 aliphatic heterocycles. The molecule has 2 aromatic carbocycles. The summed E-state index contributed by atoms with van der Waals surface area (Å²) in [7, 11) is 0. The molecule has 0 bridgehead atoms. The van der Waals surface area contributed by atoms with Gasteiger partial charge in [-0.3, -0.25) is 9.89 Å². The fourth-order valence-corrected chi connectivity index (χ4v) is 4.22. The molecule has 0 fully saturated rings. The van der Waals surface area contributed by atoms with Crippen molar-refractivity contribution in [3.05, 3.63) is 70.0 Å². The van der Waals surface area contributed by atoms with Gasteiger partial charge in [-0.05, 0) is 39.0 Å². The average Bonchev–Trinajstić information content (AvgIpc) is 3.33. The van der Waals surface area contributed by atoms with E-state index >= 15 is 0 Å². The van der Waals surface area contributed by atoms with Gasteiger partial charge in [0.1, 0.15) is 0 Å². The van der Waals surface area contributed by atoms with E-state index in [1.54, 1.807) is 0 Å². The maximum atomic E-state index is 12.6. The summed E-state index contributed by atoms with van der Waals surface area (Å²) in [6.07, 6.45) is 0. The van der Waals surface area contributed by atoms with Crippen molar-refractivity contribution >= 4 is 39.3 Å². The second kappa shape index (κ2) is 9.07. The maximum absolute atomic E-state index is 12.6. The van der Waals surface area contributed by atoms with Crippen molar-refractivity contribution in [1.82, 2.24) is 25.0 Å². The van der Waals surface area contributed by atoms with Crippen LogP contribution in [-0.4, -0.2) is 36.6 Å². The van der Waals surface area contributed by atoms with Crippen LogP contribution in [0, 0.1) is 20.8 Å². The number of hydrogen-bond acceptors (Lipinski definition) is 5. The standard InChI is InChI=1S/C22H21BrN6OS/c1-13-8-10-16(11-9-13)29-15(3)20(14(2)28-29)24-19(30)12-31-22-25-21(26-27-22)17-6-4-5-7-18(17)23/h4-11H,12H2,1-3H3,(H,24,30)(H,25,26,27). The summed E-state index contributed by atoms with van der Waals surface area (Å²) in [4.78, 5) is 17.0. The minimum atomic E-state index is -0.133. The number of nitrogens with zero attached hydrogens (tertiary/aromatic N) is 4. The quantitative estimate of drug-likeness (QED) is 0.363. The van der Waals surface area contributed by atoms with E-state index in [-0.39, 0.29) is 11.7 Å². The number of carbonyl (C=O) groups is 1. The van der Waals surface area contributed by atoms with E-state index in [0.717, 1.165) is 32.8 Å². The van der Waals surface area contributed by atoms with E-state index in [9.17, 15) is 4.79 Å². The summed E-state index contributed by atoms with van der Waals surface area (Å²) in [5.74, 6) is 0.718. The Kier molecular flexibility index (Phi) is 6.24. The molecular formula is C22H21BrN6OS. The molecular weight excluding hydrogens is 476 g/mol. The fraction of sp³-hybridized carbons (Fsp3) is 0.182. The first-order valence-corrected chi connectivity index (χ1v) is 11.4. The van der Waals surface area contributed by atoms with Gasteiger partial charge in [-0.2, -0.15) is 5.10 Å². The number of aryl methyl sites for hydroxylation is 2. The Balaban J connectivity index is 1.42. The number of H-pyrrole nitrogens is 1. The zero-order valence-electron chi connectivity index (χ0n) is 17.3. The van der Waals surface area contributed by atoms with Crippen LogP contribution in [0.15, 0.2) is 58.2 Å². The molecule has 4 rings (SSSR count). The largest absolute Gasteiger partial charge is 0.322 e. The molecule has 2 N–H and O–H groups in total. The predicted octanol–water partition coefficient (Wildman–Crippen LogP) is 5.08. The molecule has 0 spiro atoms. The molecule has 0 saturated heterocycles. The van der Waals surface area contributed by atoms with Crippen molar-refractivity contribution < 1.29 is 4.79 Å². The van der Waals surface area contributed by atoms with Gasteiger partial charge < -0.3 is 5.32 Å². The number of anilines is 1. The third-order valence-electron chi connectivity index (χ3n) is 4.76. The highest BCUT2D eigenvalue weighted by Crippen LogP contribution is 2.27. The summed E-state index contributed by atoms with van der Waals surface area (Å²) in [5.41, 5.74) is 5.45. The molecule has 0 aliphatic rings. The lowest BCUT2D eigenvalue weighted by atomic mass is 10.2. The number of amides is 1. The SMILES string of the molecule is Cc1ccc(-n2nc(C)c(NC(=O)CSc3n[nH]c(-c4ccccc4Br)n3)c2C)cc1. The average molecular weight is 497 g/mol. The van der Waals surface area contributed by atoms with Gasteiger partial charge in [0.05, 0.1) is 28.5 Å². The van der Waals surface area contributed by atoms with Crippen molar-refractivity contribution in [3.8, 4) is 17.1 Å². The summed E-state index contributed by atoms with van der Waals surface area (Å²) < 4.78 is 2.77. The van der Waals surface area contributed by atoms with Crippen LogP contribution in [0.25, 0.3) is 17.1 Å². The zero-order valence-corrected chi connectivity index (χ0v) is 19.7. The molecule has 0 saturated carbocycles. The van der Waals surface area contributed by atoms with Gasteiger partial charge in [0.2, 0.25) is 11.1 Å². The number of halogens is 1. The van der Waals surface area contributed by atoms with Crippen LogP contribution in [0.4, 0.5) is 5.69 Å². The number of hydrogen-bond donors (Lipinski definition) is 2. The van der Waals surface area contributed by atoms with Crippen LogP contribution in [0.2, 0.25) is 0 Å². The van der Waals surface area contributed by atoms with E-state index < -0.39 is 0 Å². The van der Waals surface area contributed by atoms with Crippen molar-refractivity contribution in [2.45, 2.75) is 25.9 Å². The Morgan fingerprint density at radius 2 is 1.87 bits per heavy atom. The second-order valence-corrected chi connectivity index (χ2v) is 8.87. The van der Waals surface area contributed by atoms with Crippen LogP contribution < -0.4 is 5.32 Å². The molecule has 0 atom stereocenters. The summed E-state index contributed by atoms with van der Waals surface area (Å²) in [5, 5.41) is 15.2. The molecule has 7 nitrogen and oxygen atoms in total.